The Morgan fingerprint density at radius 3 is 2.55 bits per heavy atom. The van der Waals surface area contributed by atoms with Crippen LogP contribution < -0.4 is 5.69 Å². The van der Waals surface area contributed by atoms with Crippen molar-refractivity contribution in [2.45, 2.75) is 11.8 Å². The average molecular weight is 335 g/mol. The van der Waals surface area contributed by atoms with E-state index in [1.54, 1.807) is 0 Å². The van der Waals surface area contributed by atoms with Gasteiger partial charge in [-0.25, -0.2) is 9.18 Å². The fraction of sp³-hybridized carbons (Fsp3) is 0.133. The second kappa shape index (κ2) is 4.90. The summed E-state index contributed by atoms with van der Waals surface area (Å²) in [7, 11) is 0. The van der Waals surface area contributed by atoms with E-state index in [9.17, 15) is 9.18 Å². The zero-order valence-corrected chi connectivity index (χ0v) is 12.3. The third kappa shape index (κ3) is 2.41. The van der Waals surface area contributed by atoms with Crippen LogP contribution in [0.5, 0.6) is 0 Å². The molecule has 0 spiro atoms. The van der Waals surface area contributed by atoms with Gasteiger partial charge in [-0.2, -0.15) is 0 Å². The summed E-state index contributed by atoms with van der Waals surface area (Å²) in [4.78, 5) is 16.5. The first kappa shape index (κ1) is 13.1. The highest BCUT2D eigenvalue weighted by Gasteiger charge is 2.13. The van der Waals surface area contributed by atoms with Gasteiger partial charge in [0.05, 0.1) is 15.9 Å². The van der Waals surface area contributed by atoms with E-state index in [1.807, 2.05) is 31.2 Å². The van der Waals surface area contributed by atoms with Crippen molar-refractivity contribution in [1.82, 2.24) is 9.97 Å². The Kier molecular flexibility index (Phi) is 3.22. The van der Waals surface area contributed by atoms with Crippen molar-refractivity contribution in [3.05, 3.63) is 69.4 Å². The molecule has 3 rings (SSSR count). The van der Waals surface area contributed by atoms with Gasteiger partial charge in [0.2, 0.25) is 0 Å². The highest BCUT2D eigenvalue weighted by atomic mass is 79.9. The van der Waals surface area contributed by atoms with Crippen LogP contribution in [0.4, 0.5) is 4.39 Å². The monoisotopic (exact) mass is 334 g/mol. The largest absolute Gasteiger partial charge is 0.323 e. The van der Waals surface area contributed by atoms with Gasteiger partial charge in [0, 0.05) is 0 Å². The normalized spacial score (nSPS) is 12.8. The maximum Gasteiger partial charge on any atom is 0.323 e. The molecule has 0 amide bonds. The first-order chi connectivity index (χ1) is 9.52. The van der Waals surface area contributed by atoms with Crippen molar-refractivity contribution in [1.29, 1.82) is 0 Å². The summed E-state index contributed by atoms with van der Waals surface area (Å²) in [5.41, 5.74) is 3.95. The molecule has 2 aromatic carbocycles. The van der Waals surface area contributed by atoms with Crippen LogP contribution in [0.25, 0.3) is 11.0 Å². The molecule has 102 valence electrons. The summed E-state index contributed by atoms with van der Waals surface area (Å²) in [5.74, 6) is -0.249. The lowest BCUT2D eigenvalue weighted by atomic mass is 10.0. The molecule has 0 aliphatic carbocycles. The summed E-state index contributed by atoms with van der Waals surface area (Å²) in [6, 6.07) is 10.6. The molecule has 1 heterocycles. The van der Waals surface area contributed by atoms with Crippen LogP contribution >= 0.6 is 15.9 Å². The molecule has 0 aliphatic heterocycles. The zero-order chi connectivity index (χ0) is 14.3. The Bertz CT molecular complexity index is 817. The summed E-state index contributed by atoms with van der Waals surface area (Å²) >= 11 is 3.59. The van der Waals surface area contributed by atoms with E-state index in [4.69, 9.17) is 0 Å². The van der Waals surface area contributed by atoms with E-state index in [2.05, 4.69) is 25.9 Å². The van der Waals surface area contributed by atoms with Gasteiger partial charge in [-0.05, 0) is 47.9 Å². The zero-order valence-electron chi connectivity index (χ0n) is 10.7. The van der Waals surface area contributed by atoms with E-state index >= 15 is 0 Å². The number of benzene rings is 2. The van der Waals surface area contributed by atoms with Crippen LogP contribution in [0.1, 0.15) is 21.5 Å². The Morgan fingerprint density at radius 2 is 1.80 bits per heavy atom. The van der Waals surface area contributed by atoms with Gasteiger partial charge in [0.25, 0.3) is 0 Å². The first-order valence-corrected chi connectivity index (χ1v) is 7.07. The van der Waals surface area contributed by atoms with E-state index in [1.165, 1.54) is 12.1 Å². The number of H-pyrrole nitrogens is 2. The van der Waals surface area contributed by atoms with Gasteiger partial charge in [-0.1, -0.05) is 28.1 Å². The molecule has 0 aliphatic rings. The fourth-order valence-electron chi connectivity index (χ4n) is 2.31. The van der Waals surface area contributed by atoms with Crippen LogP contribution in [-0.2, 0) is 0 Å². The molecule has 1 atom stereocenters. The molecule has 1 unspecified atom stereocenters. The number of aromatic nitrogens is 2. The van der Waals surface area contributed by atoms with Crippen molar-refractivity contribution in [3.63, 3.8) is 0 Å². The van der Waals surface area contributed by atoms with Crippen molar-refractivity contribution in [3.8, 4) is 0 Å². The number of rotatable bonds is 2. The Labute approximate surface area is 123 Å². The lowest BCUT2D eigenvalue weighted by Crippen LogP contribution is -1.99. The number of alkyl halides is 1. The molecule has 2 N–H and O–H groups in total. The molecule has 0 radical (unpaired) electrons. The smallest absolute Gasteiger partial charge is 0.306 e. The Balaban J connectivity index is 2.06. The third-order valence-electron chi connectivity index (χ3n) is 3.19. The molecule has 0 fully saturated rings. The fourth-order valence-corrected chi connectivity index (χ4v) is 2.86. The van der Waals surface area contributed by atoms with Gasteiger partial charge in [0.15, 0.2) is 0 Å². The first-order valence-electron chi connectivity index (χ1n) is 6.16. The Hall–Kier alpha value is -1.88. The number of hydrogen-bond acceptors (Lipinski definition) is 1. The second-order valence-corrected chi connectivity index (χ2v) is 5.72. The van der Waals surface area contributed by atoms with Gasteiger partial charge < -0.3 is 9.97 Å². The molecule has 5 heteroatoms. The minimum Gasteiger partial charge on any atom is -0.306 e. The molecular weight excluding hydrogens is 323 g/mol. The van der Waals surface area contributed by atoms with E-state index < -0.39 is 0 Å². The lowest BCUT2D eigenvalue weighted by Gasteiger charge is -2.12. The van der Waals surface area contributed by atoms with Gasteiger partial charge in [0.1, 0.15) is 5.82 Å². The molecule has 20 heavy (non-hydrogen) atoms. The van der Waals surface area contributed by atoms with Crippen molar-refractivity contribution < 1.29 is 4.39 Å². The van der Waals surface area contributed by atoms with E-state index in [0.717, 1.165) is 27.7 Å². The van der Waals surface area contributed by atoms with Crippen LogP contribution in [0.2, 0.25) is 0 Å². The summed E-state index contributed by atoms with van der Waals surface area (Å²) in [6.45, 7) is 1.86. The number of hydrogen-bond donors (Lipinski definition) is 2. The predicted octanol–water partition coefficient (Wildman–Crippen LogP) is 3.79. The van der Waals surface area contributed by atoms with Gasteiger partial charge >= 0.3 is 5.69 Å². The topological polar surface area (TPSA) is 48.6 Å². The van der Waals surface area contributed by atoms with E-state index in [0.29, 0.717) is 0 Å². The number of imidazole rings is 1. The standard InChI is InChI=1S/C15H12BrFN2O/c1-8-4-10(6-11(17)5-8)14(16)9-2-3-12-13(7-9)19-15(20)18-12/h2-7,14H,1H3,(H2,18,19,20). The number of fused-ring (bicyclic) bond motifs is 1. The molecule has 1 aromatic heterocycles. The van der Waals surface area contributed by atoms with Crippen LogP contribution in [0, 0.1) is 12.7 Å². The predicted molar refractivity (Wildman–Crippen MR) is 80.8 cm³/mol. The molecule has 0 saturated heterocycles. The second-order valence-electron chi connectivity index (χ2n) is 4.81. The minimum absolute atomic E-state index is 0.125. The summed E-state index contributed by atoms with van der Waals surface area (Å²) in [6.07, 6.45) is 0. The SMILES string of the molecule is Cc1cc(F)cc(C(Br)c2ccc3[nH]c(=O)[nH]c3c2)c1. The molecule has 3 aromatic rings. The summed E-state index contributed by atoms with van der Waals surface area (Å²) < 4.78 is 13.5. The molecule has 0 bridgehead atoms. The van der Waals surface area contributed by atoms with E-state index in [-0.39, 0.29) is 16.3 Å². The minimum atomic E-state index is -0.249. The maximum absolute atomic E-state index is 13.5. The van der Waals surface area contributed by atoms with Crippen LogP contribution in [0.3, 0.4) is 0 Å². The van der Waals surface area contributed by atoms with Crippen molar-refractivity contribution in [2.24, 2.45) is 0 Å². The number of aryl methyl sites for hydroxylation is 1. The van der Waals surface area contributed by atoms with Crippen LogP contribution in [-0.4, -0.2) is 9.97 Å². The molecule has 3 nitrogen and oxygen atoms in total. The Morgan fingerprint density at radius 1 is 1.05 bits per heavy atom. The van der Waals surface area contributed by atoms with Crippen molar-refractivity contribution >= 4 is 27.0 Å². The van der Waals surface area contributed by atoms with Gasteiger partial charge in [-0.3, -0.25) is 0 Å². The number of aromatic amines is 2. The molecule has 0 saturated carbocycles. The third-order valence-corrected chi connectivity index (χ3v) is 4.25. The summed E-state index contributed by atoms with van der Waals surface area (Å²) in [5, 5.41) is 0. The van der Waals surface area contributed by atoms with Crippen molar-refractivity contribution in [2.75, 3.05) is 0 Å². The quantitative estimate of drug-likeness (QED) is 0.688. The lowest BCUT2D eigenvalue weighted by molar-refractivity contribution is 0.624. The van der Waals surface area contributed by atoms with Gasteiger partial charge in [-0.15, -0.1) is 0 Å². The number of nitrogens with one attached hydrogen (secondary N) is 2. The highest BCUT2D eigenvalue weighted by Crippen LogP contribution is 2.32. The highest BCUT2D eigenvalue weighted by molar-refractivity contribution is 9.09. The molecular formula is C15H12BrFN2O. The number of halogens is 2. The average Bonchev–Trinajstić information content (AvgIpc) is 2.75. The maximum atomic E-state index is 13.5. The van der Waals surface area contributed by atoms with Crippen LogP contribution in [0.15, 0.2) is 41.2 Å².